The highest BCUT2D eigenvalue weighted by Crippen LogP contribution is 2.25. The molecule has 0 radical (unpaired) electrons. The number of rotatable bonds is 8. The molecule has 0 spiro atoms. The Kier molecular flexibility index (Phi) is 6.62. The van der Waals surface area contributed by atoms with Crippen LogP contribution in [0.2, 0.25) is 0 Å². The number of carbonyl (C=O) groups excluding carboxylic acids is 1. The Hall–Kier alpha value is -2.90. The van der Waals surface area contributed by atoms with E-state index in [1.165, 1.54) is 0 Å². The molecule has 1 heterocycles. The first kappa shape index (κ1) is 19.9. The molecule has 3 aromatic rings. The number of halogens is 1. The third kappa shape index (κ3) is 4.88. The molecule has 2 aromatic carbocycles. The van der Waals surface area contributed by atoms with E-state index in [2.05, 4.69) is 15.4 Å². The van der Waals surface area contributed by atoms with Crippen molar-refractivity contribution in [1.29, 1.82) is 0 Å². The van der Waals surface area contributed by atoms with Crippen molar-refractivity contribution in [3.8, 4) is 23.1 Å². The van der Waals surface area contributed by atoms with E-state index in [-0.39, 0.29) is 17.8 Å². The van der Waals surface area contributed by atoms with Gasteiger partial charge in [0.05, 0.1) is 12.3 Å². The Morgan fingerprint density at radius 1 is 1.18 bits per heavy atom. The molecule has 0 bridgehead atoms. The van der Waals surface area contributed by atoms with Gasteiger partial charge in [-0.2, -0.15) is 4.98 Å². The lowest BCUT2D eigenvalue weighted by Gasteiger charge is -2.08. The quantitative estimate of drug-likeness (QED) is 0.463. The van der Waals surface area contributed by atoms with Crippen molar-refractivity contribution in [2.75, 3.05) is 31.5 Å². The van der Waals surface area contributed by atoms with E-state index in [1.54, 1.807) is 23.9 Å². The monoisotopic (exact) mass is 400 g/mol. The topological polar surface area (TPSA) is 78.3 Å². The van der Waals surface area contributed by atoms with Crippen molar-refractivity contribution in [3.05, 3.63) is 54.1 Å². The standard InChI is InChI=1S/C20H21ClN4O3/c1-14-4-3-5-15(12-14)19-23-20(28-11-10-27-2)24-25(19)17-8-6-16(7-9-17)22-18(26)13-21/h3-9,12H,10-11,13H2,1-2H3,(H,22,26). The number of hydrogen-bond donors (Lipinski definition) is 1. The summed E-state index contributed by atoms with van der Waals surface area (Å²) in [5, 5.41) is 7.19. The fourth-order valence-electron chi connectivity index (χ4n) is 2.60. The number of carbonyl (C=O) groups is 1. The summed E-state index contributed by atoms with van der Waals surface area (Å²) >= 11 is 5.53. The van der Waals surface area contributed by atoms with Crippen molar-refractivity contribution in [2.24, 2.45) is 0 Å². The van der Waals surface area contributed by atoms with Crippen LogP contribution in [0, 0.1) is 6.92 Å². The maximum atomic E-state index is 11.4. The van der Waals surface area contributed by atoms with Crippen LogP contribution in [0.1, 0.15) is 5.56 Å². The number of amides is 1. The molecule has 0 aliphatic heterocycles. The van der Waals surface area contributed by atoms with Crippen LogP contribution in [0.3, 0.4) is 0 Å². The molecule has 1 N–H and O–H groups in total. The summed E-state index contributed by atoms with van der Waals surface area (Å²) in [7, 11) is 1.61. The number of hydrogen-bond acceptors (Lipinski definition) is 5. The van der Waals surface area contributed by atoms with Gasteiger partial charge in [0, 0.05) is 18.4 Å². The first-order valence-corrected chi connectivity index (χ1v) is 9.26. The van der Waals surface area contributed by atoms with E-state index < -0.39 is 0 Å². The van der Waals surface area contributed by atoms with Crippen molar-refractivity contribution in [3.63, 3.8) is 0 Å². The van der Waals surface area contributed by atoms with Crippen molar-refractivity contribution in [1.82, 2.24) is 14.8 Å². The highest BCUT2D eigenvalue weighted by Gasteiger charge is 2.15. The minimum atomic E-state index is -0.260. The van der Waals surface area contributed by atoms with Gasteiger partial charge in [0.15, 0.2) is 5.82 Å². The maximum absolute atomic E-state index is 11.4. The van der Waals surface area contributed by atoms with E-state index in [9.17, 15) is 4.79 Å². The predicted octanol–water partition coefficient (Wildman–Crippen LogP) is 3.45. The normalized spacial score (nSPS) is 10.7. The number of aryl methyl sites for hydroxylation is 1. The van der Waals surface area contributed by atoms with E-state index in [1.807, 2.05) is 43.3 Å². The summed E-state index contributed by atoms with van der Waals surface area (Å²) in [5.41, 5.74) is 3.49. The van der Waals surface area contributed by atoms with E-state index >= 15 is 0 Å². The molecular weight excluding hydrogens is 380 g/mol. The molecule has 28 heavy (non-hydrogen) atoms. The second-order valence-electron chi connectivity index (χ2n) is 6.07. The molecule has 0 unspecified atom stereocenters. The van der Waals surface area contributed by atoms with Crippen LogP contribution in [-0.4, -0.2) is 46.9 Å². The highest BCUT2D eigenvalue weighted by atomic mass is 35.5. The van der Waals surface area contributed by atoms with Crippen LogP contribution in [0.15, 0.2) is 48.5 Å². The van der Waals surface area contributed by atoms with Crippen LogP contribution >= 0.6 is 11.6 Å². The number of aromatic nitrogens is 3. The molecule has 0 fully saturated rings. The van der Waals surface area contributed by atoms with Crippen molar-refractivity contribution >= 4 is 23.2 Å². The molecule has 0 saturated carbocycles. The molecule has 1 amide bonds. The number of ether oxygens (including phenoxy) is 2. The molecule has 1 aromatic heterocycles. The van der Waals surface area contributed by atoms with Gasteiger partial charge in [-0.3, -0.25) is 4.79 Å². The van der Waals surface area contributed by atoms with E-state index in [0.29, 0.717) is 24.7 Å². The molecule has 146 valence electrons. The molecule has 8 heteroatoms. The van der Waals surface area contributed by atoms with Crippen molar-refractivity contribution < 1.29 is 14.3 Å². The zero-order valence-corrected chi connectivity index (χ0v) is 16.4. The number of nitrogens with zero attached hydrogens (tertiary/aromatic N) is 3. The maximum Gasteiger partial charge on any atom is 0.336 e. The highest BCUT2D eigenvalue weighted by molar-refractivity contribution is 6.29. The minimum Gasteiger partial charge on any atom is -0.460 e. The Morgan fingerprint density at radius 3 is 2.64 bits per heavy atom. The van der Waals surface area contributed by atoms with Crippen LogP contribution in [-0.2, 0) is 9.53 Å². The van der Waals surface area contributed by atoms with E-state index in [0.717, 1.165) is 16.8 Å². The van der Waals surface area contributed by atoms with Gasteiger partial charge >= 0.3 is 6.01 Å². The summed E-state index contributed by atoms with van der Waals surface area (Å²) in [4.78, 5) is 16.0. The third-order valence-electron chi connectivity index (χ3n) is 3.90. The van der Waals surface area contributed by atoms with Crippen LogP contribution < -0.4 is 10.1 Å². The van der Waals surface area contributed by atoms with Gasteiger partial charge in [-0.25, -0.2) is 4.68 Å². The lowest BCUT2D eigenvalue weighted by Crippen LogP contribution is -2.12. The Balaban J connectivity index is 1.94. The van der Waals surface area contributed by atoms with Gasteiger partial charge in [-0.15, -0.1) is 16.7 Å². The van der Waals surface area contributed by atoms with Gasteiger partial charge < -0.3 is 14.8 Å². The average molecular weight is 401 g/mol. The lowest BCUT2D eigenvalue weighted by molar-refractivity contribution is -0.113. The molecule has 0 aliphatic carbocycles. The summed E-state index contributed by atoms with van der Waals surface area (Å²) < 4.78 is 12.3. The first-order chi connectivity index (χ1) is 13.6. The molecule has 7 nitrogen and oxygen atoms in total. The zero-order valence-electron chi connectivity index (χ0n) is 15.7. The predicted molar refractivity (Wildman–Crippen MR) is 108 cm³/mol. The van der Waals surface area contributed by atoms with Gasteiger partial charge in [0.25, 0.3) is 0 Å². The molecule has 0 atom stereocenters. The Bertz CT molecular complexity index is 941. The van der Waals surface area contributed by atoms with Crippen LogP contribution in [0.25, 0.3) is 17.1 Å². The number of alkyl halides is 1. The lowest BCUT2D eigenvalue weighted by atomic mass is 10.1. The summed E-state index contributed by atoms with van der Waals surface area (Å²) in [5.74, 6) is 0.308. The molecule has 0 saturated heterocycles. The molecule has 3 rings (SSSR count). The van der Waals surface area contributed by atoms with Gasteiger partial charge in [-0.05, 0) is 37.3 Å². The number of benzene rings is 2. The zero-order chi connectivity index (χ0) is 19.9. The summed E-state index contributed by atoms with van der Waals surface area (Å²) in [6, 6.07) is 15.5. The fraction of sp³-hybridized carbons (Fsp3) is 0.250. The second kappa shape index (κ2) is 9.34. The Morgan fingerprint density at radius 2 is 1.96 bits per heavy atom. The van der Waals surface area contributed by atoms with Crippen LogP contribution in [0.4, 0.5) is 5.69 Å². The largest absolute Gasteiger partial charge is 0.460 e. The van der Waals surface area contributed by atoms with Gasteiger partial charge in [0.1, 0.15) is 12.5 Å². The van der Waals surface area contributed by atoms with Gasteiger partial charge in [-0.1, -0.05) is 23.8 Å². The molecule has 0 aliphatic rings. The average Bonchev–Trinajstić information content (AvgIpc) is 3.13. The fourth-order valence-corrected chi connectivity index (χ4v) is 2.67. The second-order valence-corrected chi connectivity index (χ2v) is 6.34. The van der Waals surface area contributed by atoms with E-state index in [4.69, 9.17) is 21.1 Å². The minimum absolute atomic E-state index is 0.0928. The van der Waals surface area contributed by atoms with Crippen LogP contribution in [0.5, 0.6) is 6.01 Å². The van der Waals surface area contributed by atoms with Crippen molar-refractivity contribution in [2.45, 2.75) is 6.92 Å². The Labute approximate surface area is 168 Å². The van der Waals surface area contributed by atoms with Gasteiger partial charge in [0.2, 0.25) is 5.91 Å². The number of nitrogens with one attached hydrogen (secondary N) is 1. The third-order valence-corrected chi connectivity index (χ3v) is 4.14. The summed E-state index contributed by atoms with van der Waals surface area (Å²) in [6.07, 6.45) is 0. The number of methoxy groups -OCH3 is 1. The summed E-state index contributed by atoms with van der Waals surface area (Å²) in [6.45, 7) is 2.83. The number of anilines is 1. The molecular formula is C20H21ClN4O3. The first-order valence-electron chi connectivity index (χ1n) is 8.73. The smallest absolute Gasteiger partial charge is 0.336 e. The SMILES string of the molecule is COCCOc1nc(-c2cccc(C)c2)n(-c2ccc(NC(=O)CCl)cc2)n1.